The van der Waals surface area contributed by atoms with E-state index in [9.17, 15) is 9.59 Å². The maximum Gasteiger partial charge on any atom is 0.408 e. The van der Waals surface area contributed by atoms with Crippen LogP contribution in [0.2, 0.25) is 0 Å². The summed E-state index contributed by atoms with van der Waals surface area (Å²) in [7, 11) is 0. The van der Waals surface area contributed by atoms with Crippen LogP contribution in [-0.2, 0) is 20.9 Å². The van der Waals surface area contributed by atoms with Crippen molar-refractivity contribution in [2.24, 2.45) is 5.73 Å². The molecule has 2 rings (SSSR count). The van der Waals surface area contributed by atoms with E-state index >= 15 is 0 Å². The van der Waals surface area contributed by atoms with E-state index in [1.54, 1.807) is 0 Å². The SMILES string of the molecule is Cl.NCC(NC(=O)OCc1ccccc1)C(=O)OC1CCCCC1. The zero-order chi connectivity index (χ0) is 16.5. The van der Waals surface area contributed by atoms with Gasteiger partial charge in [0.2, 0.25) is 0 Å². The molecule has 6 nitrogen and oxygen atoms in total. The maximum atomic E-state index is 12.1. The summed E-state index contributed by atoms with van der Waals surface area (Å²) in [5.74, 6) is -0.490. The van der Waals surface area contributed by atoms with Gasteiger partial charge in [0.05, 0.1) is 0 Å². The molecule has 134 valence electrons. The predicted octanol–water partition coefficient (Wildman–Crippen LogP) is 2.54. The highest BCUT2D eigenvalue weighted by Gasteiger charge is 2.25. The van der Waals surface area contributed by atoms with Gasteiger partial charge < -0.3 is 20.5 Å². The minimum Gasteiger partial charge on any atom is -0.461 e. The zero-order valence-electron chi connectivity index (χ0n) is 13.6. The number of hydrogen-bond acceptors (Lipinski definition) is 5. The van der Waals surface area contributed by atoms with Gasteiger partial charge in [0, 0.05) is 6.54 Å². The first kappa shape index (κ1) is 20.3. The number of carbonyl (C=O) groups is 2. The third-order valence-electron chi connectivity index (χ3n) is 3.86. The van der Waals surface area contributed by atoms with Gasteiger partial charge in [0.25, 0.3) is 0 Å². The standard InChI is InChI=1S/C17H24N2O4.ClH/c18-11-15(16(20)23-14-9-5-2-6-10-14)19-17(21)22-12-13-7-3-1-4-8-13;/h1,3-4,7-8,14-15H,2,5-6,9-12,18H2,(H,19,21);1H. The fourth-order valence-electron chi connectivity index (χ4n) is 2.55. The number of ether oxygens (including phenoxy) is 2. The minimum absolute atomic E-state index is 0. The molecule has 3 N–H and O–H groups in total. The maximum absolute atomic E-state index is 12.1. The smallest absolute Gasteiger partial charge is 0.408 e. The Morgan fingerprint density at radius 1 is 1.17 bits per heavy atom. The lowest BCUT2D eigenvalue weighted by Crippen LogP contribution is -2.47. The lowest BCUT2D eigenvalue weighted by molar-refractivity contribution is -0.152. The average Bonchev–Trinajstić information content (AvgIpc) is 2.59. The van der Waals surface area contributed by atoms with Gasteiger partial charge in [-0.25, -0.2) is 9.59 Å². The van der Waals surface area contributed by atoms with Crippen molar-refractivity contribution in [3.63, 3.8) is 0 Å². The van der Waals surface area contributed by atoms with E-state index in [0.717, 1.165) is 31.2 Å². The summed E-state index contributed by atoms with van der Waals surface area (Å²) in [4.78, 5) is 23.9. The summed E-state index contributed by atoms with van der Waals surface area (Å²) < 4.78 is 10.5. The molecule has 0 saturated heterocycles. The Morgan fingerprint density at radius 3 is 2.46 bits per heavy atom. The van der Waals surface area contributed by atoms with Crippen molar-refractivity contribution in [2.45, 2.75) is 50.9 Å². The van der Waals surface area contributed by atoms with Crippen molar-refractivity contribution >= 4 is 24.5 Å². The molecule has 1 atom stereocenters. The van der Waals surface area contributed by atoms with Crippen molar-refractivity contribution in [1.82, 2.24) is 5.32 Å². The summed E-state index contributed by atoms with van der Waals surface area (Å²) in [6, 6.07) is 8.44. The highest BCUT2D eigenvalue weighted by Crippen LogP contribution is 2.20. The Hall–Kier alpha value is -1.79. The molecule has 24 heavy (non-hydrogen) atoms. The van der Waals surface area contributed by atoms with Gasteiger partial charge in [0.15, 0.2) is 0 Å². The quantitative estimate of drug-likeness (QED) is 0.764. The fourth-order valence-corrected chi connectivity index (χ4v) is 2.55. The number of hydrogen-bond donors (Lipinski definition) is 2. The highest BCUT2D eigenvalue weighted by atomic mass is 35.5. The van der Waals surface area contributed by atoms with Crippen LogP contribution in [0, 0.1) is 0 Å². The molecule has 1 unspecified atom stereocenters. The molecule has 1 aromatic rings. The lowest BCUT2D eigenvalue weighted by atomic mass is 9.98. The molecule has 0 bridgehead atoms. The molecule has 1 fully saturated rings. The first-order valence-electron chi connectivity index (χ1n) is 8.07. The summed E-state index contributed by atoms with van der Waals surface area (Å²) in [5.41, 5.74) is 6.44. The van der Waals surface area contributed by atoms with E-state index in [4.69, 9.17) is 15.2 Å². The molecule has 1 aliphatic carbocycles. The summed E-state index contributed by atoms with van der Waals surface area (Å²) >= 11 is 0. The van der Waals surface area contributed by atoms with Crippen LogP contribution in [0.15, 0.2) is 30.3 Å². The van der Waals surface area contributed by atoms with Crippen molar-refractivity contribution in [3.05, 3.63) is 35.9 Å². The van der Waals surface area contributed by atoms with Crippen LogP contribution in [-0.4, -0.2) is 30.8 Å². The number of esters is 1. The first-order valence-corrected chi connectivity index (χ1v) is 8.07. The largest absolute Gasteiger partial charge is 0.461 e. The molecule has 1 aromatic carbocycles. The molecule has 1 aliphatic rings. The third kappa shape index (κ3) is 6.76. The van der Waals surface area contributed by atoms with Gasteiger partial charge in [-0.2, -0.15) is 0 Å². The minimum atomic E-state index is -0.875. The van der Waals surface area contributed by atoms with Gasteiger partial charge in [-0.1, -0.05) is 36.8 Å². The van der Waals surface area contributed by atoms with Crippen molar-refractivity contribution in [1.29, 1.82) is 0 Å². The summed E-state index contributed by atoms with van der Waals surface area (Å²) in [5, 5.41) is 2.47. The molecule has 0 aliphatic heterocycles. The van der Waals surface area contributed by atoms with Gasteiger partial charge in [0.1, 0.15) is 18.8 Å². The molecule has 0 spiro atoms. The second kappa shape index (κ2) is 10.9. The van der Waals surface area contributed by atoms with Crippen LogP contribution < -0.4 is 11.1 Å². The van der Waals surface area contributed by atoms with Crippen LogP contribution in [0.5, 0.6) is 0 Å². The number of alkyl carbamates (subject to hydrolysis) is 1. The van der Waals surface area contributed by atoms with E-state index in [-0.39, 0.29) is 31.7 Å². The van der Waals surface area contributed by atoms with Crippen LogP contribution in [0.25, 0.3) is 0 Å². The van der Waals surface area contributed by atoms with Crippen LogP contribution >= 0.6 is 12.4 Å². The van der Waals surface area contributed by atoms with Crippen LogP contribution in [0.4, 0.5) is 4.79 Å². The number of amides is 1. The fraction of sp³-hybridized carbons (Fsp3) is 0.529. The van der Waals surface area contributed by atoms with Crippen LogP contribution in [0.1, 0.15) is 37.7 Å². The predicted molar refractivity (Wildman–Crippen MR) is 92.8 cm³/mol. The number of benzene rings is 1. The second-order valence-corrected chi connectivity index (χ2v) is 5.69. The molecule has 1 amide bonds. The third-order valence-corrected chi connectivity index (χ3v) is 3.86. The molecule has 7 heteroatoms. The summed E-state index contributed by atoms with van der Waals surface area (Å²) in [6.07, 6.45) is 4.33. The zero-order valence-corrected chi connectivity index (χ0v) is 14.4. The van der Waals surface area contributed by atoms with Gasteiger partial charge >= 0.3 is 12.1 Å². The molecule has 0 radical (unpaired) electrons. The Balaban J connectivity index is 0.00000288. The number of halogens is 1. The molecular weight excluding hydrogens is 332 g/mol. The molecule has 0 heterocycles. The Kier molecular flexibility index (Phi) is 9.19. The van der Waals surface area contributed by atoms with Gasteiger partial charge in [-0.15, -0.1) is 12.4 Å². The topological polar surface area (TPSA) is 90.6 Å². The Bertz CT molecular complexity index is 507. The van der Waals surface area contributed by atoms with Crippen molar-refractivity contribution in [2.75, 3.05) is 6.54 Å². The first-order chi connectivity index (χ1) is 11.2. The highest BCUT2D eigenvalue weighted by molar-refractivity contribution is 5.85. The second-order valence-electron chi connectivity index (χ2n) is 5.69. The van der Waals surface area contributed by atoms with E-state index < -0.39 is 18.1 Å². The van der Waals surface area contributed by atoms with E-state index in [0.29, 0.717) is 0 Å². The Labute approximate surface area is 148 Å². The normalized spacial score (nSPS) is 15.7. The number of nitrogens with one attached hydrogen (secondary N) is 1. The summed E-state index contributed by atoms with van der Waals surface area (Å²) in [6.45, 7) is 0.119. The lowest BCUT2D eigenvalue weighted by Gasteiger charge is -2.24. The van der Waals surface area contributed by atoms with Crippen LogP contribution in [0.3, 0.4) is 0 Å². The molecule has 1 saturated carbocycles. The van der Waals surface area contributed by atoms with Crippen molar-refractivity contribution < 1.29 is 19.1 Å². The number of carbonyl (C=O) groups excluding carboxylic acids is 2. The van der Waals surface area contributed by atoms with Gasteiger partial charge in [-0.05, 0) is 31.2 Å². The molecular formula is C17H25ClN2O4. The molecule has 0 aromatic heterocycles. The Morgan fingerprint density at radius 2 is 1.83 bits per heavy atom. The van der Waals surface area contributed by atoms with E-state index in [1.165, 1.54) is 6.42 Å². The van der Waals surface area contributed by atoms with E-state index in [1.807, 2.05) is 30.3 Å². The van der Waals surface area contributed by atoms with Crippen molar-refractivity contribution in [3.8, 4) is 0 Å². The number of nitrogens with two attached hydrogens (primary N) is 1. The average molecular weight is 357 g/mol. The van der Waals surface area contributed by atoms with Gasteiger partial charge in [-0.3, -0.25) is 0 Å². The monoisotopic (exact) mass is 356 g/mol. The van der Waals surface area contributed by atoms with E-state index in [2.05, 4.69) is 5.32 Å². The number of rotatable bonds is 6.